The van der Waals surface area contributed by atoms with Crippen LogP contribution >= 0.6 is 0 Å². The molecular weight excluding hydrogens is 263 g/mol. The molecule has 106 valence electrons. The van der Waals surface area contributed by atoms with E-state index in [0.717, 1.165) is 13.3 Å². The fourth-order valence-corrected chi connectivity index (χ4v) is 1.87. The number of aromatic nitrogens is 2. The summed E-state index contributed by atoms with van der Waals surface area (Å²) in [5.74, 6) is -1.40. The number of aliphatic hydroxyl groups excluding tert-OH is 3. The van der Waals surface area contributed by atoms with Crippen LogP contribution in [0.2, 0.25) is 0 Å². The van der Waals surface area contributed by atoms with Crippen molar-refractivity contribution in [1.29, 1.82) is 0 Å². The second-order valence-electron chi connectivity index (χ2n) is 4.02. The Bertz CT molecular complexity index is 521. The number of nitrogens with zero attached hydrogens (tertiary/aromatic N) is 2. The van der Waals surface area contributed by atoms with E-state index in [9.17, 15) is 19.4 Å². The Morgan fingerprint density at radius 2 is 2.21 bits per heavy atom. The zero-order valence-electron chi connectivity index (χ0n) is 9.93. The molecule has 0 bridgehead atoms. The van der Waals surface area contributed by atoms with Gasteiger partial charge in [-0.1, -0.05) is 0 Å². The van der Waals surface area contributed by atoms with Gasteiger partial charge in [0.15, 0.2) is 6.23 Å². The Labute approximate surface area is 106 Å². The molecule has 1 aliphatic rings. The topological polar surface area (TPSA) is 114 Å². The van der Waals surface area contributed by atoms with Crippen molar-refractivity contribution in [3.63, 3.8) is 0 Å². The summed E-state index contributed by atoms with van der Waals surface area (Å²) in [7, 11) is 1.15. The van der Waals surface area contributed by atoms with Crippen LogP contribution in [0.25, 0.3) is 0 Å². The number of rotatable bonds is 3. The highest BCUT2D eigenvalue weighted by atomic mass is 19.1. The molecule has 1 saturated heterocycles. The first kappa shape index (κ1) is 13.9. The molecule has 1 aromatic rings. The maximum absolute atomic E-state index is 13.5. The van der Waals surface area contributed by atoms with E-state index in [1.54, 1.807) is 0 Å². The Hall–Kier alpha value is -1.55. The van der Waals surface area contributed by atoms with Crippen molar-refractivity contribution in [2.75, 3.05) is 13.7 Å². The minimum Gasteiger partial charge on any atom is -0.479 e. The third-order valence-electron chi connectivity index (χ3n) is 2.86. The second kappa shape index (κ2) is 5.21. The van der Waals surface area contributed by atoms with E-state index in [4.69, 9.17) is 9.84 Å². The van der Waals surface area contributed by atoms with E-state index in [1.165, 1.54) is 0 Å². The molecule has 4 atom stereocenters. The van der Waals surface area contributed by atoms with Crippen LogP contribution in [0.5, 0.6) is 5.88 Å². The van der Waals surface area contributed by atoms with Crippen LogP contribution in [0, 0.1) is 5.82 Å². The Morgan fingerprint density at radius 1 is 1.53 bits per heavy atom. The molecule has 3 N–H and O–H groups in total. The number of aliphatic hydroxyl groups is 3. The minimum atomic E-state index is -1.48. The Kier molecular flexibility index (Phi) is 3.80. The second-order valence-corrected chi connectivity index (χ2v) is 4.02. The van der Waals surface area contributed by atoms with Gasteiger partial charge < -0.3 is 24.8 Å². The van der Waals surface area contributed by atoms with Crippen LogP contribution in [0.1, 0.15) is 6.23 Å². The summed E-state index contributed by atoms with van der Waals surface area (Å²) in [6.45, 7) is -0.546. The fourth-order valence-electron chi connectivity index (χ4n) is 1.87. The van der Waals surface area contributed by atoms with E-state index < -0.39 is 48.5 Å². The van der Waals surface area contributed by atoms with Crippen molar-refractivity contribution in [3.05, 3.63) is 22.5 Å². The van der Waals surface area contributed by atoms with Gasteiger partial charge in [0.1, 0.15) is 18.3 Å². The van der Waals surface area contributed by atoms with Gasteiger partial charge >= 0.3 is 5.69 Å². The van der Waals surface area contributed by atoms with E-state index in [1.807, 2.05) is 0 Å². The zero-order valence-corrected chi connectivity index (χ0v) is 9.93. The summed E-state index contributed by atoms with van der Waals surface area (Å²) in [4.78, 5) is 15.0. The van der Waals surface area contributed by atoms with Gasteiger partial charge in [0.2, 0.25) is 5.82 Å². The molecule has 0 radical (unpaired) electrons. The molecular formula is C10H13FN2O6. The Morgan fingerprint density at radius 3 is 2.74 bits per heavy atom. The Balaban J connectivity index is 2.38. The number of hydrogen-bond donors (Lipinski definition) is 3. The smallest absolute Gasteiger partial charge is 0.353 e. The molecule has 8 nitrogen and oxygen atoms in total. The summed E-state index contributed by atoms with van der Waals surface area (Å²) in [6.07, 6.45) is -4.49. The van der Waals surface area contributed by atoms with Crippen LogP contribution in [0.15, 0.2) is 11.0 Å². The van der Waals surface area contributed by atoms with Gasteiger partial charge in [0.05, 0.1) is 19.9 Å². The molecule has 0 aliphatic carbocycles. The molecule has 0 amide bonds. The van der Waals surface area contributed by atoms with Gasteiger partial charge in [-0.05, 0) is 0 Å². The lowest BCUT2D eigenvalue weighted by atomic mass is 10.1. The summed E-state index contributed by atoms with van der Waals surface area (Å²) >= 11 is 0. The predicted molar refractivity (Wildman–Crippen MR) is 58.0 cm³/mol. The monoisotopic (exact) mass is 276 g/mol. The number of methoxy groups -OCH3 is 1. The highest BCUT2D eigenvalue weighted by Crippen LogP contribution is 2.28. The van der Waals surface area contributed by atoms with Gasteiger partial charge in [-0.15, -0.1) is 0 Å². The number of hydrogen-bond acceptors (Lipinski definition) is 7. The van der Waals surface area contributed by atoms with Gasteiger partial charge in [-0.3, -0.25) is 4.57 Å². The van der Waals surface area contributed by atoms with Gasteiger partial charge in [-0.2, -0.15) is 9.37 Å². The van der Waals surface area contributed by atoms with Crippen molar-refractivity contribution in [1.82, 2.24) is 9.55 Å². The quantitative estimate of drug-likeness (QED) is 0.585. The molecule has 0 aromatic carbocycles. The molecule has 1 aromatic heterocycles. The number of halogens is 1. The van der Waals surface area contributed by atoms with E-state index in [2.05, 4.69) is 9.72 Å². The van der Waals surface area contributed by atoms with Crippen LogP contribution in [-0.2, 0) is 4.74 Å². The van der Waals surface area contributed by atoms with Crippen LogP contribution in [0.3, 0.4) is 0 Å². The predicted octanol–water partition coefficient (Wildman–Crippen LogP) is -2.00. The van der Waals surface area contributed by atoms with Gasteiger partial charge in [0, 0.05) is 0 Å². The highest BCUT2D eigenvalue weighted by molar-refractivity contribution is 5.10. The van der Waals surface area contributed by atoms with Crippen molar-refractivity contribution >= 4 is 0 Å². The van der Waals surface area contributed by atoms with Gasteiger partial charge in [0.25, 0.3) is 5.88 Å². The molecule has 0 spiro atoms. The highest BCUT2D eigenvalue weighted by Gasteiger charge is 2.44. The van der Waals surface area contributed by atoms with E-state index in [-0.39, 0.29) is 0 Å². The molecule has 1 aliphatic heterocycles. The van der Waals surface area contributed by atoms with Crippen molar-refractivity contribution in [2.24, 2.45) is 0 Å². The molecule has 2 heterocycles. The minimum absolute atomic E-state index is 0.479. The SMILES string of the molecule is COc1nc(=O)n([C@H]2O[C@@H](CO)[C@@H](O)[C@H]2O)cc1F. The first-order valence-corrected chi connectivity index (χ1v) is 5.44. The average molecular weight is 276 g/mol. The molecule has 9 heteroatoms. The van der Waals surface area contributed by atoms with E-state index >= 15 is 0 Å². The average Bonchev–Trinajstić information content (AvgIpc) is 2.68. The molecule has 19 heavy (non-hydrogen) atoms. The molecule has 1 fully saturated rings. The summed E-state index contributed by atoms with van der Waals surface area (Å²) in [6, 6.07) is 0. The molecule has 0 unspecified atom stereocenters. The summed E-state index contributed by atoms with van der Waals surface area (Å²) in [5.41, 5.74) is -0.909. The van der Waals surface area contributed by atoms with Crippen LogP contribution in [-0.4, -0.2) is 56.9 Å². The van der Waals surface area contributed by atoms with Crippen molar-refractivity contribution < 1.29 is 29.2 Å². The fraction of sp³-hybridized carbons (Fsp3) is 0.600. The lowest BCUT2D eigenvalue weighted by molar-refractivity contribution is -0.0555. The lowest BCUT2D eigenvalue weighted by Gasteiger charge is -2.17. The maximum atomic E-state index is 13.5. The van der Waals surface area contributed by atoms with Crippen LogP contribution < -0.4 is 10.4 Å². The zero-order chi connectivity index (χ0) is 14.2. The number of ether oxygens (including phenoxy) is 2. The maximum Gasteiger partial charge on any atom is 0.353 e. The third kappa shape index (κ3) is 2.32. The standard InChI is InChI=1S/C10H13FN2O6/c1-18-8-4(11)2-13(10(17)12-8)9-7(16)6(15)5(3-14)19-9/h2,5-7,9,14-16H,3H2,1H3/t5-,6+,7+,9-/m0/s1. The molecule has 2 rings (SSSR count). The first-order valence-electron chi connectivity index (χ1n) is 5.44. The summed E-state index contributed by atoms with van der Waals surface area (Å²) in [5, 5.41) is 28.2. The molecule has 0 saturated carbocycles. The normalized spacial score (nSPS) is 30.6. The van der Waals surface area contributed by atoms with Crippen molar-refractivity contribution in [3.8, 4) is 5.88 Å². The van der Waals surface area contributed by atoms with E-state index in [0.29, 0.717) is 4.57 Å². The summed E-state index contributed by atoms with van der Waals surface area (Å²) < 4.78 is 23.8. The van der Waals surface area contributed by atoms with Crippen LogP contribution in [0.4, 0.5) is 4.39 Å². The lowest BCUT2D eigenvalue weighted by Crippen LogP contribution is -2.36. The largest absolute Gasteiger partial charge is 0.479 e. The first-order chi connectivity index (χ1) is 8.99. The van der Waals surface area contributed by atoms with Crippen molar-refractivity contribution in [2.45, 2.75) is 24.5 Å². The van der Waals surface area contributed by atoms with Gasteiger partial charge in [-0.25, -0.2) is 4.79 Å². The third-order valence-corrected chi connectivity index (χ3v) is 2.86.